The van der Waals surface area contributed by atoms with E-state index in [1.165, 1.54) is 5.70 Å². The third-order valence-electron chi connectivity index (χ3n) is 6.55. The van der Waals surface area contributed by atoms with Crippen molar-refractivity contribution in [3.63, 3.8) is 0 Å². The highest BCUT2D eigenvalue weighted by atomic mass is 16.5. The van der Waals surface area contributed by atoms with Crippen molar-refractivity contribution >= 4 is 5.69 Å². The molecule has 0 saturated heterocycles. The van der Waals surface area contributed by atoms with Crippen LogP contribution in [0, 0.1) is 5.92 Å². The molecule has 0 spiro atoms. The normalized spacial score (nSPS) is 18.9. The van der Waals surface area contributed by atoms with E-state index in [-0.39, 0.29) is 0 Å². The Morgan fingerprint density at radius 3 is 2.09 bits per heavy atom. The number of fused-ring (bicyclic) bond motifs is 2. The van der Waals surface area contributed by atoms with Crippen LogP contribution in [0.5, 0.6) is 23.0 Å². The molecule has 0 saturated carbocycles. The van der Waals surface area contributed by atoms with Gasteiger partial charge in [0.15, 0.2) is 13.5 Å². The summed E-state index contributed by atoms with van der Waals surface area (Å²) in [4.78, 5) is 4.48. The van der Waals surface area contributed by atoms with Crippen LogP contribution in [-0.2, 0) is 13.1 Å². The molecule has 0 N–H and O–H groups in total. The molecule has 3 aromatic carbocycles. The Morgan fingerprint density at radius 2 is 1.44 bits per heavy atom. The number of ether oxygens (including phenoxy) is 3. The van der Waals surface area contributed by atoms with Crippen LogP contribution in [0.1, 0.15) is 24.5 Å². The van der Waals surface area contributed by atoms with E-state index in [1.54, 1.807) is 0 Å². The van der Waals surface area contributed by atoms with Gasteiger partial charge in [-0.3, -0.25) is 0 Å². The first-order chi connectivity index (χ1) is 16.7. The molecule has 0 radical (unpaired) electrons. The van der Waals surface area contributed by atoms with Crippen LogP contribution in [0.25, 0.3) is 0 Å². The Morgan fingerprint density at radius 1 is 0.794 bits per heavy atom. The third-order valence-corrected chi connectivity index (χ3v) is 6.55. The van der Waals surface area contributed by atoms with E-state index in [2.05, 4.69) is 59.2 Å². The highest BCUT2D eigenvalue weighted by Gasteiger charge is 2.21. The zero-order valence-corrected chi connectivity index (χ0v) is 19.3. The number of hydrogen-bond acceptors (Lipinski definition) is 5. The minimum Gasteiger partial charge on any atom is -0.473 e. The quantitative estimate of drug-likeness (QED) is 0.453. The fourth-order valence-electron chi connectivity index (χ4n) is 4.62. The van der Waals surface area contributed by atoms with Gasteiger partial charge in [0, 0.05) is 35.6 Å². The number of hydrogen-bond donors (Lipinski definition) is 0. The van der Waals surface area contributed by atoms with Crippen LogP contribution >= 0.6 is 0 Å². The van der Waals surface area contributed by atoms with Crippen molar-refractivity contribution in [2.24, 2.45) is 5.92 Å². The molecular formula is C29H28N2O3. The molecule has 1 atom stereocenters. The van der Waals surface area contributed by atoms with E-state index in [4.69, 9.17) is 14.2 Å². The maximum atomic E-state index is 6.27. The molecule has 2 aliphatic heterocycles. The van der Waals surface area contributed by atoms with Gasteiger partial charge in [0.2, 0.25) is 0 Å². The SMILES string of the molecule is CC1C=CC(N2COc3ccc(Oc4ccc5c(c4)CN(c4ccccc4)CO5)cc3C2)=CC1. The van der Waals surface area contributed by atoms with Crippen molar-refractivity contribution in [2.75, 3.05) is 18.4 Å². The fraction of sp³-hybridized carbons (Fsp3) is 0.241. The summed E-state index contributed by atoms with van der Waals surface area (Å²) in [7, 11) is 0. The van der Waals surface area contributed by atoms with Crippen molar-refractivity contribution in [3.8, 4) is 23.0 Å². The van der Waals surface area contributed by atoms with Crippen LogP contribution < -0.4 is 19.1 Å². The van der Waals surface area contributed by atoms with Gasteiger partial charge in [-0.15, -0.1) is 0 Å². The molecule has 34 heavy (non-hydrogen) atoms. The number of para-hydroxylation sites is 1. The van der Waals surface area contributed by atoms with Crippen LogP contribution in [-0.4, -0.2) is 18.4 Å². The van der Waals surface area contributed by atoms with Gasteiger partial charge in [-0.2, -0.15) is 0 Å². The lowest BCUT2D eigenvalue weighted by atomic mass is 10.0. The predicted molar refractivity (Wildman–Crippen MR) is 133 cm³/mol. The molecule has 1 unspecified atom stereocenters. The van der Waals surface area contributed by atoms with Crippen molar-refractivity contribution in [1.29, 1.82) is 0 Å². The molecule has 2 heterocycles. The molecule has 0 amide bonds. The van der Waals surface area contributed by atoms with E-state index >= 15 is 0 Å². The van der Waals surface area contributed by atoms with E-state index in [0.29, 0.717) is 19.4 Å². The Hall–Kier alpha value is -3.86. The summed E-state index contributed by atoms with van der Waals surface area (Å²) in [5.74, 6) is 4.05. The second kappa shape index (κ2) is 8.82. The average molecular weight is 453 g/mol. The lowest BCUT2D eigenvalue weighted by Crippen LogP contribution is -2.31. The zero-order chi connectivity index (χ0) is 22.9. The van der Waals surface area contributed by atoms with Gasteiger partial charge in [0.05, 0.1) is 0 Å². The minimum atomic E-state index is 0.545. The molecule has 172 valence electrons. The van der Waals surface area contributed by atoms with Gasteiger partial charge < -0.3 is 24.0 Å². The first-order valence-electron chi connectivity index (χ1n) is 11.8. The Labute approximate surface area is 200 Å². The molecule has 3 aromatic rings. The van der Waals surface area contributed by atoms with Gasteiger partial charge in [-0.1, -0.05) is 37.3 Å². The standard InChI is InChI=1S/C29H28N2O3/c1-21-7-9-25(10-8-21)31-18-23-16-27(12-14-29(23)33-20-31)34-26-11-13-28-22(15-26)17-30(19-32-28)24-5-3-2-4-6-24/h2-7,9-16,21H,8,17-20H2,1H3. The van der Waals surface area contributed by atoms with Crippen LogP contribution in [0.15, 0.2) is 90.7 Å². The number of allylic oxidation sites excluding steroid dienone is 3. The lowest BCUT2D eigenvalue weighted by Gasteiger charge is -2.33. The topological polar surface area (TPSA) is 34.2 Å². The summed E-state index contributed by atoms with van der Waals surface area (Å²) < 4.78 is 18.3. The summed E-state index contributed by atoms with van der Waals surface area (Å²) in [6.45, 7) is 4.94. The monoisotopic (exact) mass is 452 g/mol. The van der Waals surface area contributed by atoms with E-state index in [1.807, 2.05) is 42.5 Å². The third kappa shape index (κ3) is 4.21. The molecule has 0 fully saturated rings. The van der Waals surface area contributed by atoms with Gasteiger partial charge in [-0.05, 0) is 66.9 Å². The number of benzene rings is 3. The minimum absolute atomic E-state index is 0.545. The summed E-state index contributed by atoms with van der Waals surface area (Å²) >= 11 is 0. The maximum absolute atomic E-state index is 6.27. The Kier molecular flexibility index (Phi) is 5.38. The highest BCUT2D eigenvalue weighted by Crippen LogP contribution is 2.36. The van der Waals surface area contributed by atoms with Crippen molar-refractivity contribution in [3.05, 3.63) is 102 Å². The molecule has 5 heteroatoms. The molecular weight excluding hydrogens is 424 g/mol. The molecule has 0 bridgehead atoms. The molecule has 0 aromatic heterocycles. The van der Waals surface area contributed by atoms with Crippen molar-refractivity contribution < 1.29 is 14.2 Å². The van der Waals surface area contributed by atoms with E-state index in [0.717, 1.165) is 59.3 Å². The molecule has 3 aliphatic rings. The number of nitrogens with zero attached hydrogens (tertiary/aromatic N) is 2. The first kappa shape index (κ1) is 20.7. The fourth-order valence-corrected chi connectivity index (χ4v) is 4.62. The highest BCUT2D eigenvalue weighted by molar-refractivity contribution is 5.52. The summed E-state index contributed by atoms with van der Waals surface area (Å²) in [6.07, 6.45) is 7.84. The maximum Gasteiger partial charge on any atom is 0.161 e. The number of rotatable bonds is 4. The predicted octanol–water partition coefficient (Wildman–Crippen LogP) is 6.47. The van der Waals surface area contributed by atoms with E-state index in [9.17, 15) is 0 Å². The average Bonchev–Trinajstić information content (AvgIpc) is 2.89. The van der Waals surface area contributed by atoms with E-state index < -0.39 is 0 Å². The van der Waals surface area contributed by atoms with Crippen molar-refractivity contribution in [1.82, 2.24) is 4.90 Å². The smallest absolute Gasteiger partial charge is 0.161 e. The molecule has 5 nitrogen and oxygen atoms in total. The summed E-state index contributed by atoms with van der Waals surface area (Å²) in [5, 5.41) is 0. The second-order valence-corrected chi connectivity index (χ2v) is 9.12. The molecule has 6 rings (SSSR count). The van der Waals surface area contributed by atoms with Crippen LogP contribution in [0.4, 0.5) is 5.69 Å². The number of anilines is 1. The van der Waals surface area contributed by atoms with Gasteiger partial charge in [-0.25, -0.2) is 0 Å². The van der Waals surface area contributed by atoms with Crippen LogP contribution in [0.2, 0.25) is 0 Å². The molecule has 1 aliphatic carbocycles. The summed E-state index contributed by atoms with van der Waals surface area (Å²) in [6, 6.07) is 22.4. The first-order valence-corrected chi connectivity index (χ1v) is 11.8. The van der Waals surface area contributed by atoms with Gasteiger partial charge in [0.1, 0.15) is 23.0 Å². The largest absolute Gasteiger partial charge is 0.473 e. The zero-order valence-electron chi connectivity index (χ0n) is 19.3. The van der Waals surface area contributed by atoms with Crippen molar-refractivity contribution in [2.45, 2.75) is 26.4 Å². The second-order valence-electron chi connectivity index (χ2n) is 9.12. The summed E-state index contributed by atoms with van der Waals surface area (Å²) in [5.41, 5.74) is 4.63. The van der Waals surface area contributed by atoms with Crippen LogP contribution in [0.3, 0.4) is 0 Å². The van der Waals surface area contributed by atoms with Gasteiger partial charge >= 0.3 is 0 Å². The van der Waals surface area contributed by atoms with Gasteiger partial charge in [0.25, 0.3) is 0 Å². The lowest BCUT2D eigenvalue weighted by molar-refractivity contribution is 0.131. The Balaban J connectivity index is 1.18. The Bertz CT molecular complexity index is 1250.